The van der Waals surface area contributed by atoms with Gasteiger partial charge in [-0.05, 0) is 31.0 Å². The Kier molecular flexibility index (Phi) is 3.83. The number of ketones is 1. The van der Waals surface area contributed by atoms with Crippen LogP contribution in [0.2, 0.25) is 0 Å². The standard InChI is InChI=1S/C14H15F3O2/c15-14(16,17)10-6-7-12(18)11(8-10)13(19)9-4-2-1-3-5-9/h6-9,18H,1-5H2. The van der Waals surface area contributed by atoms with Crippen molar-refractivity contribution >= 4 is 5.78 Å². The zero-order valence-electron chi connectivity index (χ0n) is 10.3. The van der Waals surface area contributed by atoms with Gasteiger partial charge in [-0.25, -0.2) is 0 Å². The Morgan fingerprint density at radius 1 is 1.16 bits per heavy atom. The third-order valence-electron chi connectivity index (χ3n) is 3.57. The van der Waals surface area contributed by atoms with Crippen LogP contribution in [-0.2, 0) is 6.18 Å². The van der Waals surface area contributed by atoms with Crippen molar-refractivity contribution in [2.45, 2.75) is 38.3 Å². The third-order valence-corrected chi connectivity index (χ3v) is 3.57. The molecular weight excluding hydrogens is 257 g/mol. The second kappa shape index (κ2) is 5.23. The number of phenols is 1. The lowest BCUT2D eigenvalue weighted by Gasteiger charge is -2.21. The highest BCUT2D eigenvalue weighted by molar-refractivity contribution is 6.00. The summed E-state index contributed by atoms with van der Waals surface area (Å²) < 4.78 is 37.8. The number of Topliss-reactive ketones (excluding diaryl/α,β-unsaturated/α-hetero) is 1. The molecule has 0 unspecified atom stereocenters. The minimum atomic E-state index is -4.50. The van der Waals surface area contributed by atoms with Crippen molar-refractivity contribution in [3.8, 4) is 5.75 Å². The summed E-state index contributed by atoms with van der Waals surface area (Å²) in [5.74, 6) is -1.00. The summed E-state index contributed by atoms with van der Waals surface area (Å²) in [5, 5.41) is 9.61. The molecule has 1 aromatic rings. The number of carbonyl (C=O) groups is 1. The maximum Gasteiger partial charge on any atom is 0.416 e. The van der Waals surface area contributed by atoms with E-state index in [2.05, 4.69) is 0 Å². The van der Waals surface area contributed by atoms with Gasteiger partial charge in [-0.1, -0.05) is 19.3 Å². The first-order valence-electron chi connectivity index (χ1n) is 6.34. The van der Waals surface area contributed by atoms with Crippen molar-refractivity contribution in [3.05, 3.63) is 29.3 Å². The van der Waals surface area contributed by atoms with Gasteiger partial charge in [0, 0.05) is 5.92 Å². The Morgan fingerprint density at radius 3 is 2.37 bits per heavy atom. The summed E-state index contributed by atoms with van der Waals surface area (Å²) in [5.41, 5.74) is -1.11. The lowest BCUT2D eigenvalue weighted by atomic mass is 9.83. The van der Waals surface area contributed by atoms with Crippen molar-refractivity contribution in [3.63, 3.8) is 0 Å². The molecule has 2 nitrogen and oxygen atoms in total. The highest BCUT2D eigenvalue weighted by Crippen LogP contribution is 2.35. The van der Waals surface area contributed by atoms with Gasteiger partial charge in [-0.2, -0.15) is 13.2 Å². The number of benzene rings is 1. The number of carbonyl (C=O) groups excluding carboxylic acids is 1. The molecular formula is C14H15F3O2. The van der Waals surface area contributed by atoms with E-state index in [1.807, 2.05) is 0 Å². The van der Waals surface area contributed by atoms with Gasteiger partial charge in [0.1, 0.15) is 5.75 Å². The Balaban J connectivity index is 2.30. The van der Waals surface area contributed by atoms with Crippen molar-refractivity contribution in [2.75, 3.05) is 0 Å². The van der Waals surface area contributed by atoms with Gasteiger partial charge in [0.25, 0.3) is 0 Å². The molecule has 1 aromatic carbocycles. The smallest absolute Gasteiger partial charge is 0.416 e. The van der Waals surface area contributed by atoms with E-state index in [0.29, 0.717) is 12.8 Å². The van der Waals surface area contributed by atoms with Crippen LogP contribution in [0.4, 0.5) is 13.2 Å². The van der Waals surface area contributed by atoms with Gasteiger partial charge in [0.05, 0.1) is 11.1 Å². The number of halogens is 3. The fourth-order valence-electron chi connectivity index (χ4n) is 2.49. The van der Waals surface area contributed by atoms with Crippen LogP contribution in [0.5, 0.6) is 5.75 Å². The number of aromatic hydroxyl groups is 1. The first kappa shape index (κ1) is 13.9. The second-order valence-electron chi connectivity index (χ2n) is 4.93. The highest BCUT2D eigenvalue weighted by atomic mass is 19.4. The molecule has 1 aliphatic rings. The molecule has 0 radical (unpaired) electrons. The summed E-state index contributed by atoms with van der Waals surface area (Å²) in [6.07, 6.45) is -0.247. The molecule has 19 heavy (non-hydrogen) atoms. The SMILES string of the molecule is O=C(c1cc(C(F)(F)F)ccc1O)C1CCCCC1. The Hall–Kier alpha value is -1.52. The first-order chi connectivity index (χ1) is 8.89. The Morgan fingerprint density at radius 2 is 1.79 bits per heavy atom. The Labute approximate surface area is 109 Å². The van der Waals surface area contributed by atoms with Crippen LogP contribution < -0.4 is 0 Å². The van der Waals surface area contributed by atoms with Crippen molar-refractivity contribution in [1.82, 2.24) is 0 Å². The van der Waals surface area contributed by atoms with Gasteiger partial charge >= 0.3 is 6.18 Å². The van der Waals surface area contributed by atoms with Gasteiger partial charge in [-0.3, -0.25) is 4.79 Å². The average molecular weight is 272 g/mol. The largest absolute Gasteiger partial charge is 0.507 e. The summed E-state index contributed by atoms with van der Waals surface area (Å²) in [7, 11) is 0. The molecule has 1 fully saturated rings. The highest BCUT2D eigenvalue weighted by Gasteiger charge is 2.33. The van der Waals surface area contributed by atoms with Crippen LogP contribution in [0, 0.1) is 5.92 Å². The van der Waals surface area contributed by atoms with Crippen LogP contribution in [0.3, 0.4) is 0 Å². The van der Waals surface area contributed by atoms with Crippen LogP contribution in [0.15, 0.2) is 18.2 Å². The molecule has 0 aromatic heterocycles. The van der Waals surface area contributed by atoms with Gasteiger partial charge in [0.2, 0.25) is 0 Å². The molecule has 2 rings (SSSR count). The molecule has 0 spiro atoms. The molecule has 1 saturated carbocycles. The average Bonchev–Trinajstić information content (AvgIpc) is 2.38. The number of rotatable bonds is 2. The lowest BCUT2D eigenvalue weighted by Crippen LogP contribution is -2.18. The second-order valence-corrected chi connectivity index (χ2v) is 4.93. The predicted molar refractivity (Wildman–Crippen MR) is 64.0 cm³/mol. The monoisotopic (exact) mass is 272 g/mol. The Bertz CT molecular complexity index is 474. The predicted octanol–water partition coefficient (Wildman–Crippen LogP) is 4.17. The van der Waals surface area contributed by atoms with E-state index in [1.165, 1.54) is 0 Å². The molecule has 104 valence electrons. The third kappa shape index (κ3) is 3.08. The summed E-state index contributed by atoms with van der Waals surface area (Å²) in [6, 6.07) is 2.48. The van der Waals surface area contributed by atoms with Crippen molar-refractivity contribution < 1.29 is 23.1 Å². The molecule has 0 atom stereocenters. The van der Waals surface area contributed by atoms with Crippen LogP contribution in [0.25, 0.3) is 0 Å². The van der Waals surface area contributed by atoms with E-state index >= 15 is 0 Å². The summed E-state index contributed by atoms with van der Waals surface area (Å²) >= 11 is 0. The van der Waals surface area contributed by atoms with E-state index in [4.69, 9.17) is 0 Å². The van der Waals surface area contributed by atoms with Gasteiger partial charge < -0.3 is 5.11 Å². The van der Waals surface area contributed by atoms with E-state index in [-0.39, 0.29) is 23.0 Å². The summed E-state index contributed by atoms with van der Waals surface area (Å²) in [6.45, 7) is 0. The maximum absolute atomic E-state index is 12.6. The number of hydrogen-bond acceptors (Lipinski definition) is 2. The molecule has 0 aliphatic heterocycles. The lowest BCUT2D eigenvalue weighted by molar-refractivity contribution is -0.137. The van der Waals surface area contributed by atoms with Crippen LogP contribution in [0.1, 0.15) is 48.0 Å². The topological polar surface area (TPSA) is 37.3 Å². The minimum absolute atomic E-state index is 0.207. The fourth-order valence-corrected chi connectivity index (χ4v) is 2.49. The zero-order valence-corrected chi connectivity index (χ0v) is 10.3. The van der Waals surface area contributed by atoms with Crippen LogP contribution in [-0.4, -0.2) is 10.9 Å². The molecule has 5 heteroatoms. The van der Waals surface area contributed by atoms with Crippen molar-refractivity contribution in [2.24, 2.45) is 5.92 Å². The zero-order chi connectivity index (χ0) is 14.0. The van der Waals surface area contributed by atoms with Gasteiger partial charge in [-0.15, -0.1) is 0 Å². The van der Waals surface area contributed by atoms with E-state index in [1.54, 1.807) is 0 Å². The molecule has 0 amide bonds. The molecule has 0 heterocycles. The van der Waals surface area contributed by atoms with E-state index in [0.717, 1.165) is 37.5 Å². The molecule has 1 N–H and O–H groups in total. The normalized spacial score (nSPS) is 17.4. The minimum Gasteiger partial charge on any atom is -0.507 e. The molecule has 1 aliphatic carbocycles. The quantitative estimate of drug-likeness (QED) is 0.820. The maximum atomic E-state index is 12.6. The van der Waals surface area contributed by atoms with Gasteiger partial charge in [0.15, 0.2) is 5.78 Å². The van der Waals surface area contributed by atoms with E-state index in [9.17, 15) is 23.1 Å². The number of alkyl halides is 3. The molecule has 0 bridgehead atoms. The first-order valence-corrected chi connectivity index (χ1v) is 6.34. The van der Waals surface area contributed by atoms with E-state index < -0.39 is 11.7 Å². The van der Waals surface area contributed by atoms with Crippen LogP contribution >= 0.6 is 0 Å². The summed E-state index contributed by atoms with van der Waals surface area (Å²) in [4.78, 5) is 12.2. The number of hydrogen-bond donors (Lipinski definition) is 1. The molecule has 0 saturated heterocycles. The number of phenolic OH excluding ortho intramolecular Hbond substituents is 1. The fraction of sp³-hybridized carbons (Fsp3) is 0.500. The van der Waals surface area contributed by atoms with Crippen molar-refractivity contribution in [1.29, 1.82) is 0 Å².